The first kappa shape index (κ1) is 19.3. The highest BCUT2D eigenvalue weighted by Gasteiger charge is 2.28. The molecule has 0 saturated carbocycles. The molecule has 1 aromatic rings. The first-order valence-corrected chi connectivity index (χ1v) is 11.0. The molecule has 0 aliphatic carbocycles. The zero-order valence-electron chi connectivity index (χ0n) is 14.0. The molecule has 1 aliphatic rings. The number of likely N-dealkylation sites (N-methyl/N-ethyl adjacent to an activating group) is 1. The van der Waals surface area contributed by atoms with E-state index in [1.807, 2.05) is 13.8 Å². The highest BCUT2D eigenvalue weighted by molar-refractivity contribution is 7.90. The van der Waals surface area contributed by atoms with Crippen LogP contribution >= 0.6 is 0 Å². The Balaban J connectivity index is 2.20. The number of sulfonamides is 2. The summed E-state index contributed by atoms with van der Waals surface area (Å²) in [6.07, 6.45) is 1.67. The van der Waals surface area contributed by atoms with Crippen LogP contribution in [-0.2, 0) is 20.0 Å². The zero-order chi connectivity index (χ0) is 17.8. The SMILES string of the molecule is CCN[C@H](C)CNS(=O)(=O)c1cccc(S(=O)(=O)N2CCCC2)c1. The molecule has 1 aromatic carbocycles. The molecule has 1 heterocycles. The van der Waals surface area contributed by atoms with E-state index in [4.69, 9.17) is 0 Å². The van der Waals surface area contributed by atoms with Gasteiger partial charge in [-0.3, -0.25) is 0 Å². The maximum absolute atomic E-state index is 12.6. The Hall–Kier alpha value is -1.00. The lowest BCUT2D eigenvalue weighted by Gasteiger charge is -2.17. The second kappa shape index (κ2) is 7.92. The van der Waals surface area contributed by atoms with Crippen LogP contribution < -0.4 is 10.0 Å². The molecule has 0 radical (unpaired) electrons. The van der Waals surface area contributed by atoms with Crippen LogP contribution in [0.25, 0.3) is 0 Å². The lowest BCUT2D eigenvalue weighted by molar-refractivity contribution is 0.477. The monoisotopic (exact) mass is 375 g/mol. The van der Waals surface area contributed by atoms with Gasteiger partial charge in [-0.15, -0.1) is 0 Å². The van der Waals surface area contributed by atoms with Crippen LogP contribution in [0.5, 0.6) is 0 Å². The van der Waals surface area contributed by atoms with Crippen LogP contribution in [0, 0.1) is 0 Å². The molecule has 0 bridgehead atoms. The molecule has 1 fully saturated rings. The lowest BCUT2D eigenvalue weighted by Crippen LogP contribution is -2.38. The standard InChI is InChI=1S/C15H25N3O4S2/c1-3-16-13(2)12-17-23(19,20)14-7-6-8-15(11-14)24(21,22)18-9-4-5-10-18/h6-8,11,13,16-17H,3-5,9-10,12H2,1-2H3/t13-/m1/s1. The van der Waals surface area contributed by atoms with Gasteiger partial charge in [-0.25, -0.2) is 21.6 Å². The summed E-state index contributed by atoms with van der Waals surface area (Å²) in [5, 5.41) is 3.11. The third-order valence-corrected chi connectivity index (χ3v) is 7.27. The second-order valence-corrected chi connectivity index (χ2v) is 9.60. The maximum Gasteiger partial charge on any atom is 0.243 e. The Labute approximate surface area is 144 Å². The van der Waals surface area contributed by atoms with Gasteiger partial charge in [-0.05, 0) is 44.5 Å². The van der Waals surface area contributed by atoms with Gasteiger partial charge in [-0.1, -0.05) is 13.0 Å². The van der Waals surface area contributed by atoms with Crippen molar-refractivity contribution < 1.29 is 16.8 Å². The Morgan fingerprint density at radius 2 is 1.75 bits per heavy atom. The summed E-state index contributed by atoms with van der Waals surface area (Å²) in [6, 6.07) is 5.53. The van der Waals surface area contributed by atoms with Crippen molar-refractivity contribution in [3.05, 3.63) is 24.3 Å². The Morgan fingerprint density at radius 3 is 2.38 bits per heavy atom. The fourth-order valence-corrected chi connectivity index (χ4v) is 5.43. The molecule has 2 N–H and O–H groups in total. The van der Waals surface area contributed by atoms with Gasteiger partial charge in [0.2, 0.25) is 20.0 Å². The molecule has 0 spiro atoms. The van der Waals surface area contributed by atoms with Gasteiger partial charge < -0.3 is 5.32 Å². The predicted molar refractivity (Wildman–Crippen MR) is 92.8 cm³/mol. The van der Waals surface area contributed by atoms with E-state index in [1.165, 1.54) is 28.6 Å². The molecule has 24 heavy (non-hydrogen) atoms. The molecule has 1 atom stereocenters. The Bertz CT molecular complexity index is 757. The van der Waals surface area contributed by atoms with Gasteiger partial charge in [0.15, 0.2) is 0 Å². The summed E-state index contributed by atoms with van der Waals surface area (Å²) in [7, 11) is -7.39. The average molecular weight is 376 g/mol. The molecule has 1 saturated heterocycles. The van der Waals surface area contributed by atoms with Crippen LogP contribution in [0.2, 0.25) is 0 Å². The van der Waals surface area contributed by atoms with Crippen LogP contribution in [0.15, 0.2) is 34.1 Å². The first-order valence-electron chi connectivity index (χ1n) is 8.10. The van der Waals surface area contributed by atoms with Crippen molar-refractivity contribution in [2.45, 2.75) is 42.5 Å². The van der Waals surface area contributed by atoms with Crippen LogP contribution in [0.3, 0.4) is 0 Å². The molecule has 2 rings (SSSR count). The quantitative estimate of drug-likeness (QED) is 0.699. The summed E-state index contributed by atoms with van der Waals surface area (Å²) in [5.41, 5.74) is 0. The minimum atomic E-state index is -3.75. The highest BCUT2D eigenvalue weighted by atomic mass is 32.2. The second-order valence-electron chi connectivity index (χ2n) is 5.90. The lowest BCUT2D eigenvalue weighted by atomic mass is 10.3. The van der Waals surface area contributed by atoms with Crippen LogP contribution in [0.1, 0.15) is 26.7 Å². The molecule has 136 valence electrons. The fraction of sp³-hybridized carbons (Fsp3) is 0.600. The summed E-state index contributed by atoms with van der Waals surface area (Å²) >= 11 is 0. The van der Waals surface area contributed by atoms with Gasteiger partial charge in [-0.2, -0.15) is 4.31 Å². The zero-order valence-corrected chi connectivity index (χ0v) is 15.7. The van der Waals surface area contributed by atoms with E-state index in [-0.39, 0.29) is 22.4 Å². The molecular weight excluding hydrogens is 350 g/mol. The summed E-state index contributed by atoms with van der Waals surface area (Å²) in [4.78, 5) is -0.0153. The molecule has 9 heteroatoms. The van der Waals surface area contributed by atoms with Crippen molar-refractivity contribution in [3.8, 4) is 0 Å². The molecule has 1 aliphatic heterocycles. The number of benzene rings is 1. The van der Waals surface area contributed by atoms with Gasteiger partial charge in [0.25, 0.3) is 0 Å². The Kier molecular flexibility index (Phi) is 6.38. The molecule has 0 aromatic heterocycles. The predicted octanol–water partition coefficient (Wildman–Crippen LogP) is 0.747. The molecule has 7 nitrogen and oxygen atoms in total. The van der Waals surface area contributed by atoms with E-state index in [0.717, 1.165) is 19.4 Å². The van der Waals surface area contributed by atoms with E-state index < -0.39 is 20.0 Å². The fourth-order valence-electron chi connectivity index (χ4n) is 2.62. The first-order chi connectivity index (χ1) is 11.3. The van der Waals surface area contributed by atoms with Crippen molar-refractivity contribution in [1.29, 1.82) is 0 Å². The van der Waals surface area contributed by atoms with Gasteiger partial charge >= 0.3 is 0 Å². The van der Waals surface area contributed by atoms with E-state index in [1.54, 1.807) is 0 Å². The number of nitrogens with zero attached hydrogens (tertiary/aromatic N) is 1. The van der Waals surface area contributed by atoms with Crippen LogP contribution in [0.4, 0.5) is 0 Å². The minimum Gasteiger partial charge on any atom is -0.313 e. The smallest absolute Gasteiger partial charge is 0.243 e. The largest absolute Gasteiger partial charge is 0.313 e. The molecule has 0 amide bonds. The molecule has 0 unspecified atom stereocenters. The van der Waals surface area contributed by atoms with E-state index in [0.29, 0.717) is 13.1 Å². The summed E-state index contributed by atoms with van der Waals surface area (Å²) in [6.45, 7) is 5.76. The van der Waals surface area contributed by atoms with E-state index in [2.05, 4.69) is 10.0 Å². The van der Waals surface area contributed by atoms with Gasteiger partial charge in [0, 0.05) is 25.7 Å². The minimum absolute atomic E-state index is 0.0127. The number of nitrogens with one attached hydrogen (secondary N) is 2. The third-order valence-electron chi connectivity index (χ3n) is 3.95. The van der Waals surface area contributed by atoms with Crippen molar-refractivity contribution >= 4 is 20.0 Å². The van der Waals surface area contributed by atoms with Crippen molar-refractivity contribution in [2.24, 2.45) is 0 Å². The third kappa shape index (κ3) is 4.54. The number of hydrogen-bond acceptors (Lipinski definition) is 5. The van der Waals surface area contributed by atoms with Crippen molar-refractivity contribution in [3.63, 3.8) is 0 Å². The molecular formula is C15H25N3O4S2. The number of hydrogen-bond donors (Lipinski definition) is 2. The van der Waals surface area contributed by atoms with Crippen LogP contribution in [-0.4, -0.2) is 53.4 Å². The summed E-state index contributed by atoms with van der Waals surface area (Å²) in [5.74, 6) is 0. The van der Waals surface area contributed by atoms with Crippen molar-refractivity contribution in [2.75, 3.05) is 26.2 Å². The number of rotatable bonds is 8. The van der Waals surface area contributed by atoms with E-state index in [9.17, 15) is 16.8 Å². The normalized spacial score (nSPS) is 17.9. The van der Waals surface area contributed by atoms with Gasteiger partial charge in [0.1, 0.15) is 0 Å². The topological polar surface area (TPSA) is 95.6 Å². The van der Waals surface area contributed by atoms with Crippen molar-refractivity contribution in [1.82, 2.24) is 14.3 Å². The maximum atomic E-state index is 12.6. The van der Waals surface area contributed by atoms with E-state index >= 15 is 0 Å². The highest BCUT2D eigenvalue weighted by Crippen LogP contribution is 2.22. The van der Waals surface area contributed by atoms with Gasteiger partial charge in [0.05, 0.1) is 9.79 Å². The summed E-state index contributed by atoms with van der Waals surface area (Å²) < 4.78 is 53.8. The Morgan fingerprint density at radius 1 is 1.12 bits per heavy atom. The average Bonchev–Trinajstić information content (AvgIpc) is 3.09.